The second-order valence-electron chi connectivity index (χ2n) is 4.41. The first kappa shape index (κ1) is 12.2. The summed E-state index contributed by atoms with van der Waals surface area (Å²) in [6.07, 6.45) is 1.73. The third kappa shape index (κ3) is 2.20. The van der Waals surface area contributed by atoms with Crippen LogP contribution in [0.2, 0.25) is 0 Å². The second kappa shape index (κ2) is 4.69. The molecule has 2 aromatic heterocycles. The lowest BCUT2D eigenvalue weighted by Gasteiger charge is -2.06. The molecule has 0 spiro atoms. The molecule has 0 aliphatic rings. The van der Waals surface area contributed by atoms with Gasteiger partial charge in [0.05, 0.1) is 23.1 Å². The molecule has 0 unspecified atom stereocenters. The maximum atomic E-state index is 11.2. The van der Waals surface area contributed by atoms with Crippen LogP contribution in [0.4, 0.5) is 0 Å². The van der Waals surface area contributed by atoms with Crippen LogP contribution in [0, 0.1) is 0 Å². The molecular weight excluding hydrogens is 260 g/mol. The highest BCUT2D eigenvalue weighted by molar-refractivity contribution is 5.76. The van der Waals surface area contributed by atoms with Crippen molar-refractivity contribution in [1.29, 1.82) is 0 Å². The van der Waals surface area contributed by atoms with Crippen molar-refractivity contribution in [3.63, 3.8) is 0 Å². The van der Waals surface area contributed by atoms with Crippen LogP contribution in [0.3, 0.4) is 0 Å². The number of fused-ring (bicyclic) bond motifs is 1. The first-order valence-corrected chi connectivity index (χ1v) is 5.98. The maximum absolute atomic E-state index is 11.2. The third-order valence-electron chi connectivity index (χ3n) is 2.96. The van der Waals surface area contributed by atoms with Crippen molar-refractivity contribution in [2.75, 3.05) is 0 Å². The van der Waals surface area contributed by atoms with Crippen LogP contribution in [0.5, 0.6) is 5.75 Å². The molecule has 0 aliphatic heterocycles. The van der Waals surface area contributed by atoms with Gasteiger partial charge < -0.3 is 9.30 Å². The fourth-order valence-electron chi connectivity index (χ4n) is 1.90. The van der Waals surface area contributed by atoms with Gasteiger partial charge in [0.1, 0.15) is 12.4 Å². The lowest BCUT2D eigenvalue weighted by Crippen LogP contribution is -2.28. The predicted molar refractivity (Wildman–Crippen MR) is 72.7 cm³/mol. The van der Waals surface area contributed by atoms with Gasteiger partial charge in [0.25, 0.3) is 0 Å². The molecule has 0 saturated heterocycles. The molecule has 0 bridgehead atoms. The number of aryl methyl sites for hydroxylation is 1. The smallest absolute Gasteiger partial charge is 0.310 e. The summed E-state index contributed by atoms with van der Waals surface area (Å²) in [6, 6.07) is 6.78. The van der Waals surface area contributed by atoms with Crippen molar-refractivity contribution in [3.8, 4) is 5.75 Å². The Morgan fingerprint density at radius 3 is 2.90 bits per heavy atom. The van der Waals surface area contributed by atoms with Crippen LogP contribution in [-0.4, -0.2) is 19.7 Å². The SMILES string of the molecule is Cn1cnc2cc(OCc3cc(=O)c(=O)[nH][nH]3)ccc21. The molecule has 0 amide bonds. The van der Waals surface area contributed by atoms with Crippen molar-refractivity contribution >= 4 is 11.0 Å². The number of imidazole rings is 1. The minimum atomic E-state index is -0.677. The second-order valence-corrected chi connectivity index (χ2v) is 4.41. The lowest BCUT2D eigenvalue weighted by atomic mass is 10.3. The predicted octanol–water partition coefficient (Wildman–Crippen LogP) is 0.529. The molecule has 7 heteroatoms. The van der Waals surface area contributed by atoms with Gasteiger partial charge in [0.2, 0.25) is 5.43 Å². The molecule has 2 heterocycles. The zero-order valence-electron chi connectivity index (χ0n) is 10.7. The number of nitrogens with one attached hydrogen (secondary N) is 2. The Morgan fingerprint density at radius 2 is 2.10 bits per heavy atom. The lowest BCUT2D eigenvalue weighted by molar-refractivity contribution is 0.300. The molecule has 0 atom stereocenters. The quantitative estimate of drug-likeness (QED) is 0.680. The molecule has 0 aliphatic carbocycles. The summed E-state index contributed by atoms with van der Waals surface area (Å²) in [5.74, 6) is 0.642. The minimum absolute atomic E-state index is 0.157. The summed E-state index contributed by atoms with van der Waals surface area (Å²) in [5, 5.41) is 4.86. The summed E-state index contributed by atoms with van der Waals surface area (Å²) in [7, 11) is 1.92. The number of H-pyrrole nitrogens is 2. The van der Waals surface area contributed by atoms with Gasteiger partial charge in [0, 0.05) is 19.2 Å². The Labute approximate surface area is 112 Å². The monoisotopic (exact) mass is 272 g/mol. The molecule has 1 aromatic carbocycles. The van der Waals surface area contributed by atoms with Crippen LogP contribution in [0.1, 0.15) is 5.69 Å². The van der Waals surface area contributed by atoms with E-state index in [4.69, 9.17) is 4.74 Å². The van der Waals surface area contributed by atoms with Gasteiger partial charge in [-0.05, 0) is 12.1 Å². The molecule has 2 N–H and O–H groups in total. The van der Waals surface area contributed by atoms with Gasteiger partial charge in [-0.2, -0.15) is 0 Å². The van der Waals surface area contributed by atoms with Crippen molar-refractivity contribution < 1.29 is 4.74 Å². The highest BCUT2D eigenvalue weighted by atomic mass is 16.5. The fraction of sp³-hybridized carbons (Fsp3) is 0.154. The van der Waals surface area contributed by atoms with Crippen molar-refractivity contribution in [2.45, 2.75) is 6.61 Å². The number of aromatic nitrogens is 4. The van der Waals surface area contributed by atoms with E-state index < -0.39 is 11.0 Å². The normalized spacial score (nSPS) is 10.8. The molecule has 0 saturated carbocycles. The van der Waals surface area contributed by atoms with Crippen LogP contribution in [0.15, 0.2) is 40.2 Å². The van der Waals surface area contributed by atoms with E-state index in [2.05, 4.69) is 15.2 Å². The van der Waals surface area contributed by atoms with E-state index in [1.165, 1.54) is 6.07 Å². The molecule has 3 aromatic rings. The van der Waals surface area contributed by atoms with E-state index in [0.29, 0.717) is 11.4 Å². The van der Waals surface area contributed by atoms with Crippen LogP contribution in [-0.2, 0) is 13.7 Å². The van der Waals surface area contributed by atoms with E-state index in [-0.39, 0.29) is 6.61 Å². The Bertz CT molecular complexity index is 875. The summed E-state index contributed by atoms with van der Waals surface area (Å²) in [6.45, 7) is 0.157. The number of ether oxygens (including phenoxy) is 1. The molecule has 102 valence electrons. The molecular formula is C13H12N4O3. The van der Waals surface area contributed by atoms with E-state index in [1.54, 1.807) is 6.33 Å². The zero-order valence-corrected chi connectivity index (χ0v) is 10.7. The van der Waals surface area contributed by atoms with E-state index in [9.17, 15) is 9.59 Å². The Morgan fingerprint density at radius 1 is 1.25 bits per heavy atom. The van der Waals surface area contributed by atoms with Gasteiger partial charge in [-0.15, -0.1) is 0 Å². The Balaban J connectivity index is 1.80. The first-order valence-electron chi connectivity index (χ1n) is 5.98. The van der Waals surface area contributed by atoms with E-state index >= 15 is 0 Å². The summed E-state index contributed by atoms with van der Waals surface area (Å²) < 4.78 is 7.48. The summed E-state index contributed by atoms with van der Waals surface area (Å²) in [5.41, 5.74) is 1.07. The maximum Gasteiger partial charge on any atom is 0.310 e. The van der Waals surface area contributed by atoms with Crippen molar-refractivity contribution in [3.05, 3.63) is 56.9 Å². The number of rotatable bonds is 3. The van der Waals surface area contributed by atoms with Gasteiger partial charge in [0.15, 0.2) is 0 Å². The van der Waals surface area contributed by atoms with E-state index in [1.807, 2.05) is 29.8 Å². The minimum Gasteiger partial charge on any atom is -0.487 e. The van der Waals surface area contributed by atoms with Crippen LogP contribution in [0.25, 0.3) is 11.0 Å². The largest absolute Gasteiger partial charge is 0.487 e. The highest BCUT2D eigenvalue weighted by Crippen LogP contribution is 2.19. The van der Waals surface area contributed by atoms with Gasteiger partial charge >= 0.3 is 5.56 Å². The average molecular weight is 272 g/mol. The van der Waals surface area contributed by atoms with Gasteiger partial charge in [-0.25, -0.2) is 4.98 Å². The number of hydrogen-bond donors (Lipinski definition) is 2. The molecule has 7 nitrogen and oxygen atoms in total. The number of aromatic amines is 2. The first-order chi connectivity index (χ1) is 9.63. The van der Waals surface area contributed by atoms with Gasteiger partial charge in [-0.3, -0.25) is 19.8 Å². The van der Waals surface area contributed by atoms with Crippen LogP contribution >= 0.6 is 0 Å². The number of benzene rings is 1. The summed E-state index contributed by atoms with van der Waals surface area (Å²) >= 11 is 0. The van der Waals surface area contributed by atoms with Gasteiger partial charge in [-0.1, -0.05) is 0 Å². The third-order valence-corrected chi connectivity index (χ3v) is 2.96. The zero-order chi connectivity index (χ0) is 14.1. The molecule has 0 fully saturated rings. The standard InChI is InChI=1S/C13H12N4O3/c1-17-7-14-10-5-9(2-3-11(10)17)20-6-8-4-12(18)13(19)16-15-8/h2-5,7H,6H2,1H3,(H,15,18)(H,16,19). The van der Waals surface area contributed by atoms with Crippen LogP contribution < -0.4 is 15.7 Å². The number of nitrogens with zero attached hydrogens (tertiary/aromatic N) is 2. The van der Waals surface area contributed by atoms with E-state index in [0.717, 1.165) is 11.0 Å². The highest BCUT2D eigenvalue weighted by Gasteiger charge is 2.03. The Kier molecular flexibility index (Phi) is 2.86. The number of hydrogen-bond acceptors (Lipinski definition) is 4. The summed E-state index contributed by atoms with van der Waals surface area (Å²) in [4.78, 5) is 26.4. The molecule has 3 rings (SSSR count). The molecule has 20 heavy (non-hydrogen) atoms. The Hall–Kier alpha value is -2.83. The van der Waals surface area contributed by atoms with Crippen molar-refractivity contribution in [2.24, 2.45) is 7.05 Å². The fourth-order valence-corrected chi connectivity index (χ4v) is 1.90. The molecule has 0 radical (unpaired) electrons. The topological polar surface area (TPSA) is 92.8 Å². The average Bonchev–Trinajstić information content (AvgIpc) is 2.81. The van der Waals surface area contributed by atoms with Crippen molar-refractivity contribution in [1.82, 2.24) is 19.7 Å².